The molecule has 0 aliphatic rings. The second-order valence-corrected chi connectivity index (χ2v) is 10.6. The third kappa shape index (κ3) is 31.4. The van der Waals surface area contributed by atoms with Gasteiger partial charge in [0.05, 0.1) is 19.8 Å². The molecular weight excluding hydrogens is 448 g/mol. The van der Waals surface area contributed by atoms with Crippen LogP contribution in [0.25, 0.3) is 0 Å². The van der Waals surface area contributed by atoms with Crippen molar-refractivity contribution in [2.45, 2.75) is 168 Å². The molecule has 0 aliphatic carbocycles. The summed E-state index contributed by atoms with van der Waals surface area (Å²) >= 11 is 0. The molecule has 36 heavy (non-hydrogen) atoms. The van der Waals surface area contributed by atoms with Crippen molar-refractivity contribution in [3.05, 3.63) is 0 Å². The molecule has 4 heteroatoms. The van der Waals surface area contributed by atoms with E-state index in [1.165, 1.54) is 128 Å². The lowest BCUT2D eigenvalue weighted by molar-refractivity contribution is -0.144. The number of hydrogen-bond acceptors (Lipinski definition) is 4. The van der Waals surface area contributed by atoms with Crippen LogP contribution in [0.2, 0.25) is 0 Å². The van der Waals surface area contributed by atoms with Crippen molar-refractivity contribution in [1.29, 1.82) is 0 Å². The summed E-state index contributed by atoms with van der Waals surface area (Å²) in [6.45, 7) is 7.83. The maximum absolute atomic E-state index is 11.8. The highest BCUT2D eigenvalue weighted by atomic mass is 16.5. The molecule has 0 saturated carbocycles. The third-order valence-corrected chi connectivity index (χ3v) is 6.94. The van der Waals surface area contributed by atoms with E-state index in [1.54, 1.807) is 0 Å². The molecule has 0 aliphatic heterocycles. The van der Waals surface area contributed by atoms with E-state index in [4.69, 9.17) is 14.2 Å². The van der Waals surface area contributed by atoms with Crippen LogP contribution in [0.1, 0.15) is 168 Å². The smallest absolute Gasteiger partial charge is 0.305 e. The van der Waals surface area contributed by atoms with Gasteiger partial charge in [0.15, 0.2) is 0 Å². The van der Waals surface area contributed by atoms with E-state index < -0.39 is 0 Å². The zero-order valence-electron chi connectivity index (χ0n) is 24.6. The molecule has 0 saturated heterocycles. The maximum Gasteiger partial charge on any atom is 0.305 e. The van der Waals surface area contributed by atoms with Crippen LogP contribution in [0.3, 0.4) is 0 Å². The highest BCUT2D eigenvalue weighted by molar-refractivity contribution is 5.69. The van der Waals surface area contributed by atoms with E-state index in [-0.39, 0.29) is 5.97 Å². The summed E-state index contributed by atoms with van der Waals surface area (Å²) in [5.74, 6) is -0.0840. The summed E-state index contributed by atoms with van der Waals surface area (Å²) in [7, 11) is 0. The number of carbonyl (C=O) groups excluding carboxylic acids is 1. The molecule has 0 aromatic carbocycles. The van der Waals surface area contributed by atoms with Crippen molar-refractivity contribution in [3.8, 4) is 0 Å². The fourth-order valence-corrected chi connectivity index (χ4v) is 4.53. The highest BCUT2D eigenvalue weighted by Crippen LogP contribution is 2.13. The van der Waals surface area contributed by atoms with Crippen molar-refractivity contribution < 1.29 is 19.0 Å². The van der Waals surface area contributed by atoms with Gasteiger partial charge in [-0.2, -0.15) is 0 Å². The highest BCUT2D eigenvalue weighted by Gasteiger charge is 2.03. The molecule has 0 N–H and O–H groups in total. The van der Waals surface area contributed by atoms with Crippen LogP contribution in [0, 0.1) is 0 Å². The lowest BCUT2D eigenvalue weighted by atomic mass is 10.0. The number of unbranched alkanes of at least 4 members (excludes halogenated alkanes) is 20. The quantitative estimate of drug-likeness (QED) is 0.0684. The Labute approximate surface area is 226 Å². The van der Waals surface area contributed by atoms with E-state index in [0.717, 1.165) is 25.9 Å². The minimum atomic E-state index is -0.0840. The number of hydrogen-bond donors (Lipinski definition) is 0. The monoisotopic (exact) mass is 512 g/mol. The van der Waals surface area contributed by atoms with Gasteiger partial charge in [0, 0.05) is 19.6 Å². The zero-order valence-corrected chi connectivity index (χ0v) is 24.6. The molecule has 0 heterocycles. The molecule has 0 bridgehead atoms. The van der Waals surface area contributed by atoms with Gasteiger partial charge in [0.25, 0.3) is 0 Å². The molecule has 0 spiro atoms. The summed E-state index contributed by atoms with van der Waals surface area (Å²) in [5, 5.41) is 0. The van der Waals surface area contributed by atoms with Gasteiger partial charge in [-0.1, -0.05) is 142 Å². The van der Waals surface area contributed by atoms with Crippen LogP contribution in [-0.4, -0.2) is 39.0 Å². The van der Waals surface area contributed by atoms with Gasteiger partial charge in [0.2, 0.25) is 0 Å². The lowest BCUT2D eigenvalue weighted by Crippen LogP contribution is -2.09. The molecule has 4 nitrogen and oxygen atoms in total. The van der Waals surface area contributed by atoms with Gasteiger partial charge in [-0.3, -0.25) is 4.79 Å². The molecule has 0 unspecified atom stereocenters. The molecule has 0 aromatic heterocycles. The normalized spacial score (nSPS) is 11.3. The van der Waals surface area contributed by atoms with E-state index >= 15 is 0 Å². The van der Waals surface area contributed by atoms with Crippen molar-refractivity contribution in [1.82, 2.24) is 0 Å². The van der Waals surface area contributed by atoms with Crippen molar-refractivity contribution in [2.75, 3.05) is 33.0 Å². The van der Waals surface area contributed by atoms with Gasteiger partial charge in [-0.25, -0.2) is 0 Å². The average molecular weight is 513 g/mol. The van der Waals surface area contributed by atoms with Crippen molar-refractivity contribution in [3.63, 3.8) is 0 Å². The Bertz CT molecular complexity index is 377. The lowest BCUT2D eigenvalue weighted by Gasteiger charge is -2.07. The van der Waals surface area contributed by atoms with Crippen LogP contribution in [-0.2, 0) is 19.0 Å². The maximum atomic E-state index is 11.8. The summed E-state index contributed by atoms with van der Waals surface area (Å²) in [5.41, 5.74) is 0. The minimum absolute atomic E-state index is 0.0840. The Hall–Kier alpha value is -0.610. The summed E-state index contributed by atoms with van der Waals surface area (Å²) in [6, 6.07) is 0. The predicted molar refractivity (Wildman–Crippen MR) is 155 cm³/mol. The van der Waals surface area contributed by atoms with E-state index in [1.807, 2.05) is 0 Å². The number of carbonyl (C=O) groups is 1. The van der Waals surface area contributed by atoms with Crippen LogP contribution in [0.5, 0.6) is 0 Å². The van der Waals surface area contributed by atoms with E-state index in [2.05, 4.69) is 13.8 Å². The van der Waals surface area contributed by atoms with Gasteiger partial charge in [-0.05, 0) is 19.3 Å². The molecule has 0 rings (SSSR count). The van der Waals surface area contributed by atoms with Crippen LogP contribution >= 0.6 is 0 Å². The van der Waals surface area contributed by atoms with Crippen LogP contribution in [0.15, 0.2) is 0 Å². The second-order valence-electron chi connectivity index (χ2n) is 10.6. The molecule has 0 fully saturated rings. The average Bonchev–Trinajstić information content (AvgIpc) is 2.88. The first-order chi connectivity index (χ1) is 17.8. The fourth-order valence-electron chi connectivity index (χ4n) is 4.53. The topological polar surface area (TPSA) is 44.8 Å². The zero-order chi connectivity index (χ0) is 26.2. The van der Waals surface area contributed by atoms with Crippen molar-refractivity contribution in [2.24, 2.45) is 0 Å². The van der Waals surface area contributed by atoms with E-state index in [0.29, 0.717) is 32.8 Å². The molecule has 0 radical (unpaired) electrons. The molecule has 0 atom stereocenters. The summed E-state index contributed by atoms with van der Waals surface area (Å²) in [4.78, 5) is 11.8. The molecule has 0 amide bonds. The Morgan fingerprint density at radius 1 is 0.389 bits per heavy atom. The second kappa shape index (κ2) is 32.4. The van der Waals surface area contributed by atoms with Gasteiger partial charge in [-0.15, -0.1) is 0 Å². The summed E-state index contributed by atoms with van der Waals surface area (Å²) < 4.78 is 16.5. The molecular formula is C32H64O4. The van der Waals surface area contributed by atoms with Crippen molar-refractivity contribution >= 4 is 5.97 Å². The fraction of sp³-hybridized carbons (Fsp3) is 0.969. The molecule has 216 valence electrons. The minimum Gasteiger partial charge on any atom is -0.466 e. The van der Waals surface area contributed by atoms with Crippen LogP contribution < -0.4 is 0 Å². The van der Waals surface area contributed by atoms with Gasteiger partial charge < -0.3 is 14.2 Å². The van der Waals surface area contributed by atoms with Crippen LogP contribution in [0.4, 0.5) is 0 Å². The predicted octanol–water partition coefficient (Wildman–Crippen LogP) is 9.96. The van der Waals surface area contributed by atoms with Gasteiger partial charge in [0.1, 0.15) is 0 Å². The first kappa shape index (κ1) is 35.4. The Kier molecular flexibility index (Phi) is 31.9. The Morgan fingerprint density at radius 2 is 0.722 bits per heavy atom. The number of rotatable bonds is 31. The molecule has 0 aromatic rings. The largest absolute Gasteiger partial charge is 0.466 e. The Morgan fingerprint density at radius 3 is 1.14 bits per heavy atom. The summed E-state index contributed by atoms with van der Waals surface area (Å²) in [6.07, 6.45) is 30.6. The SMILES string of the molecule is CCCCCCCCCCCCCCCCOC(=O)CCCOCCOCCCCCCCCCC. The third-order valence-electron chi connectivity index (χ3n) is 6.94. The van der Waals surface area contributed by atoms with Gasteiger partial charge >= 0.3 is 5.97 Å². The standard InChI is InChI=1S/C32H64O4/c1-3-5-7-9-11-13-14-15-16-17-18-20-22-24-29-36-32(33)26-25-28-35-31-30-34-27-23-21-19-12-10-8-6-4-2/h3-31H2,1-2H3. The Balaban J connectivity index is 3.14. The first-order valence-corrected chi connectivity index (χ1v) is 16.1. The number of esters is 1. The first-order valence-electron chi connectivity index (χ1n) is 16.1. The van der Waals surface area contributed by atoms with E-state index in [9.17, 15) is 4.79 Å². The number of ether oxygens (including phenoxy) is 3.